The molecule has 0 atom stereocenters. The Bertz CT molecular complexity index is 656. The van der Waals surface area contributed by atoms with Crippen molar-refractivity contribution in [1.82, 2.24) is 0 Å². The summed E-state index contributed by atoms with van der Waals surface area (Å²) in [5.74, 6) is -9.65. The van der Waals surface area contributed by atoms with Crippen LogP contribution in [0.4, 0.5) is 22.0 Å². The Morgan fingerprint density at radius 1 is 0.636 bits per heavy atom. The summed E-state index contributed by atoms with van der Waals surface area (Å²) in [5, 5.41) is 0. The standard InChI is InChI=1S/C11H4F5.C5H5.Fe/c12-7-6(5-3-1-2-4-5)8(13)10(15)11(16)9(7)14;1-2-4-5-3-1;/h1-4H;1-5H;/q2*-1;+2. The van der Waals surface area contributed by atoms with E-state index in [1.807, 2.05) is 30.3 Å². The van der Waals surface area contributed by atoms with Crippen molar-refractivity contribution in [3.63, 3.8) is 0 Å². The molecule has 0 aromatic heterocycles. The molecule has 0 amide bonds. The first-order valence-electron chi connectivity index (χ1n) is 5.94. The third-order valence-electron chi connectivity index (χ3n) is 2.72. The number of hydrogen-bond donors (Lipinski definition) is 0. The average molecular weight is 352 g/mol. The minimum atomic E-state index is -2.15. The van der Waals surface area contributed by atoms with E-state index in [0.29, 0.717) is 0 Å². The van der Waals surface area contributed by atoms with E-state index in [9.17, 15) is 22.0 Å². The Morgan fingerprint density at radius 2 is 1.05 bits per heavy atom. The molecule has 0 N–H and O–H groups in total. The van der Waals surface area contributed by atoms with Gasteiger partial charge < -0.3 is 0 Å². The number of hydrogen-bond acceptors (Lipinski definition) is 0. The zero-order valence-corrected chi connectivity index (χ0v) is 12.0. The van der Waals surface area contributed by atoms with Crippen molar-refractivity contribution in [2.75, 3.05) is 0 Å². The van der Waals surface area contributed by atoms with Crippen molar-refractivity contribution in [1.29, 1.82) is 0 Å². The predicted octanol–water partition coefficient (Wildman–Crippen LogP) is 5.17. The van der Waals surface area contributed by atoms with Crippen LogP contribution < -0.4 is 0 Å². The van der Waals surface area contributed by atoms with Gasteiger partial charge in [0.05, 0.1) is 0 Å². The first-order chi connectivity index (χ1) is 10.0. The van der Waals surface area contributed by atoms with Crippen molar-refractivity contribution in [3.8, 4) is 11.1 Å². The van der Waals surface area contributed by atoms with Crippen LogP contribution in [0.25, 0.3) is 11.1 Å². The Kier molecular flexibility index (Phi) is 6.53. The smallest absolute Gasteiger partial charge is 0.250 e. The molecule has 0 heterocycles. The van der Waals surface area contributed by atoms with Gasteiger partial charge in [-0.05, 0) is 5.56 Å². The van der Waals surface area contributed by atoms with Gasteiger partial charge in [-0.15, -0.1) is 12.1 Å². The maximum absolute atomic E-state index is 13.2. The summed E-state index contributed by atoms with van der Waals surface area (Å²) in [6.45, 7) is 0. The molecule has 0 aliphatic carbocycles. The number of halogens is 5. The zero-order chi connectivity index (χ0) is 15.4. The molecular weight excluding hydrogens is 343 g/mol. The van der Waals surface area contributed by atoms with E-state index in [1.165, 1.54) is 24.3 Å². The van der Waals surface area contributed by atoms with Gasteiger partial charge in [0.25, 0.3) is 0 Å². The Balaban J connectivity index is 0.000000344. The molecule has 22 heavy (non-hydrogen) atoms. The van der Waals surface area contributed by atoms with Gasteiger partial charge in [-0.25, -0.2) is 34.1 Å². The summed E-state index contributed by atoms with van der Waals surface area (Å²) < 4.78 is 64.9. The van der Waals surface area contributed by atoms with Crippen molar-refractivity contribution in [2.24, 2.45) is 0 Å². The number of benzene rings is 1. The maximum Gasteiger partial charge on any atom is 2.00 e. The van der Waals surface area contributed by atoms with E-state index in [4.69, 9.17) is 0 Å². The molecule has 0 saturated heterocycles. The van der Waals surface area contributed by atoms with Gasteiger partial charge in [0, 0.05) is 0 Å². The summed E-state index contributed by atoms with van der Waals surface area (Å²) in [4.78, 5) is 0. The second kappa shape index (κ2) is 7.92. The Labute approximate surface area is 134 Å². The summed E-state index contributed by atoms with van der Waals surface area (Å²) in [6, 6.07) is 15.4. The van der Waals surface area contributed by atoms with Crippen LogP contribution >= 0.6 is 0 Å². The minimum absolute atomic E-state index is 0. The third kappa shape index (κ3) is 3.64. The SMILES string of the molecule is Fc1c(F)c(F)c(-[c-]2cccc2)c(F)c1F.[Fe+2].c1cc[cH-]c1. The largest absolute Gasteiger partial charge is 2.00 e. The van der Waals surface area contributed by atoms with Crippen molar-refractivity contribution >= 4 is 0 Å². The Hall–Kier alpha value is -1.91. The van der Waals surface area contributed by atoms with Gasteiger partial charge in [0.2, 0.25) is 0 Å². The molecular formula is C16H9F5Fe. The van der Waals surface area contributed by atoms with Gasteiger partial charge in [0.15, 0.2) is 17.5 Å². The molecule has 3 aromatic rings. The van der Waals surface area contributed by atoms with E-state index in [0.717, 1.165) is 0 Å². The monoisotopic (exact) mass is 352 g/mol. The molecule has 0 saturated carbocycles. The zero-order valence-electron chi connectivity index (χ0n) is 10.9. The molecule has 3 aromatic carbocycles. The topological polar surface area (TPSA) is 0 Å². The van der Waals surface area contributed by atoms with Gasteiger partial charge in [-0.2, -0.15) is 30.3 Å². The van der Waals surface area contributed by atoms with Crippen LogP contribution in [-0.4, -0.2) is 0 Å². The molecule has 0 aliphatic rings. The molecule has 0 bridgehead atoms. The maximum atomic E-state index is 13.2. The molecule has 0 unspecified atom stereocenters. The normalized spacial score (nSPS) is 9.68. The van der Waals surface area contributed by atoms with E-state index in [-0.39, 0.29) is 22.6 Å². The van der Waals surface area contributed by atoms with Crippen LogP contribution in [0.5, 0.6) is 0 Å². The molecule has 0 nitrogen and oxygen atoms in total. The molecule has 0 fully saturated rings. The van der Waals surface area contributed by atoms with Crippen molar-refractivity contribution in [3.05, 3.63) is 83.7 Å². The van der Waals surface area contributed by atoms with Crippen LogP contribution in [0.1, 0.15) is 0 Å². The average Bonchev–Trinajstić information content (AvgIpc) is 3.18. The summed E-state index contributed by atoms with van der Waals surface area (Å²) in [7, 11) is 0. The third-order valence-corrected chi connectivity index (χ3v) is 2.72. The Morgan fingerprint density at radius 3 is 1.41 bits per heavy atom. The quantitative estimate of drug-likeness (QED) is 0.186. The first-order valence-corrected chi connectivity index (χ1v) is 5.94. The predicted molar refractivity (Wildman–Crippen MR) is 69.3 cm³/mol. The van der Waals surface area contributed by atoms with Gasteiger partial charge in [-0.3, -0.25) is 0 Å². The van der Waals surface area contributed by atoms with E-state index < -0.39 is 34.6 Å². The second-order valence-corrected chi connectivity index (χ2v) is 4.08. The fraction of sp³-hybridized carbons (Fsp3) is 0. The summed E-state index contributed by atoms with van der Waals surface area (Å²) in [6.07, 6.45) is 0. The van der Waals surface area contributed by atoms with Gasteiger partial charge >= 0.3 is 17.1 Å². The summed E-state index contributed by atoms with van der Waals surface area (Å²) >= 11 is 0. The van der Waals surface area contributed by atoms with Gasteiger partial charge in [-0.1, -0.05) is 5.56 Å². The van der Waals surface area contributed by atoms with Crippen molar-refractivity contribution in [2.45, 2.75) is 0 Å². The van der Waals surface area contributed by atoms with Gasteiger partial charge in [0.1, 0.15) is 11.6 Å². The first kappa shape index (κ1) is 18.1. The fourth-order valence-corrected chi connectivity index (χ4v) is 1.72. The van der Waals surface area contributed by atoms with E-state index in [1.54, 1.807) is 0 Å². The van der Waals surface area contributed by atoms with E-state index in [2.05, 4.69) is 0 Å². The molecule has 0 radical (unpaired) electrons. The molecule has 0 aliphatic heterocycles. The van der Waals surface area contributed by atoms with Crippen LogP contribution in [0, 0.1) is 29.1 Å². The van der Waals surface area contributed by atoms with Crippen LogP contribution in [-0.2, 0) is 17.1 Å². The van der Waals surface area contributed by atoms with Crippen LogP contribution in [0.3, 0.4) is 0 Å². The molecule has 116 valence electrons. The fourth-order valence-electron chi connectivity index (χ4n) is 1.72. The summed E-state index contributed by atoms with van der Waals surface area (Å²) in [5.41, 5.74) is -0.950. The van der Waals surface area contributed by atoms with Crippen molar-refractivity contribution < 1.29 is 39.0 Å². The van der Waals surface area contributed by atoms with Crippen LogP contribution in [0.15, 0.2) is 54.6 Å². The number of rotatable bonds is 1. The molecule has 3 rings (SSSR count). The molecule has 6 heteroatoms. The minimum Gasteiger partial charge on any atom is -0.250 e. The molecule has 0 spiro atoms. The van der Waals surface area contributed by atoms with Crippen LogP contribution in [0.2, 0.25) is 0 Å². The second-order valence-electron chi connectivity index (χ2n) is 4.08. The van der Waals surface area contributed by atoms with E-state index >= 15 is 0 Å².